The Morgan fingerprint density at radius 3 is 2.44 bits per heavy atom. The molecule has 3 heteroatoms. The second-order valence-electron chi connectivity index (χ2n) is 5.28. The third kappa shape index (κ3) is 3.64. The maximum absolute atomic E-state index is 5.80. The van der Waals surface area contributed by atoms with Gasteiger partial charge in [-0.25, -0.2) is 0 Å². The van der Waals surface area contributed by atoms with E-state index in [0.29, 0.717) is 18.4 Å². The Morgan fingerprint density at radius 2 is 1.94 bits per heavy atom. The van der Waals surface area contributed by atoms with Crippen molar-refractivity contribution < 1.29 is 4.74 Å². The summed E-state index contributed by atoms with van der Waals surface area (Å²) in [5, 5.41) is 3.49. The molecule has 1 aromatic carbocycles. The van der Waals surface area contributed by atoms with Crippen molar-refractivity contribution in [1.29, 1.82) is 0 Å². The maximum Gasteiger partial charge on any atom is 0.142 e. The van der Waals surface area contributed by atoms with Crippen LogP contribution < -0.4 is 15.8 Å². The highest BCUT2D eigenvalue weighted by Crippen LogP contribution is 2.30. The van der Waals surface area contributed by atoms with Crippen molar-refractivity contribution in [2.45, 2.75) is 27.7 Å². The minimum absolute atomic E-state index is 0.482. The van der Waals surface area contributed by atoms with E-state index in [2.05, 4.69) is 45.1 Å². The van der Waals surface area contributed by atoms with Gasteiger partial charge < -0.3 is 15.8 Å². The quantitative estimate of drug-likeness (QED) is 0.816. The summed E-state index contributed by atoms with van der Waals surface area (Å²) in [6, 6.07) is 4.22. The molecule has 0 saturated carbocycles. The fourth-order valence-electron chi connectivity index (χ4n) is 2.14. The van der Waals surface area contributed by atoms with Gasteiger partial charge in [-0.05, 0) is 49.4 Å². The van der Waals surface area contributed by atoms with Gasteiger partial charge in [0.2, 0.25) is 0 Å². The second-order valence-corrected chi connectivity index (χ2v) is 5.28. The lowest BCUT2D eigenvalue weighted by Crippen LogP contribution is -2.27. The molecule has 0 aromatic heterocycles. The lowest BCUT2D eigenvalue weighted by atomic mass is 9.96. The molecule has 1 rings (SSSR count). The summed E-state index contributed by atoms with van der Waals surface area (Å²) >= 11 is 0. The predicted molar refractivity (Wildman–Crippen MR) is 78.3 cm³/mol. The molecule has 0 fully saturated rings. The van der Waals surface area contributed by atoms with E-state index in [-0.39, 0.29) is 0 Å². The maximum atomic E-state index is 5.80. The summed E-state index contributed by atoms with van der Waals surface area (Å²) in [6.45, 7) is 10.2. The zero-order valence-electron chi connectivity index (χ0n) is 12.2. The van der Waals surface area contributed by atoms with Gasteiger partial charge in [-0.3, -0.25) is 0 Å². The lowest BCUT2D eigenvalue weighted by Gasteiger charge is -2.22. The van der Waals surface area contributed by atoms with Crippen molar-refractivity contribution in [3.63, 3.8) is 0 Å². The van der Waals surface area contributed by atoms with Crippen LogP contribution in [0, 0.1) is 25.7 Å². The van der Waals surface area contributed by atoms with E-state index in [4.69, 9.17) is 10.5 Å². The van der Waals surface area contributed by atoms with Crippen molar-refractivity contribution in [3.05, 3.63) is 23.3 Å². The monoisotopic (exact) mass is 250 g/mol. The van der Waals surface area contributed by atoms with E-state index in [0.717, 1.165) is 18.0 Å². The van der Waals surface area contributed by atoms with Crippen LogP contribution in [-0.4, -0.2) is 20.2 Å². The zero-order chi connectivity index (χ0) is 13.7. The van der Waals surface area contributed by atoms with Gasteiger partial charge >= 0.3 is 0 Å². The highest BCUT2D eigenvalue weighted by Gasteiger charge is 2.13. The minimum atomic E-state index is 0.482. The highest BCUT2D eigenvalue weighted by atomic mass is 16.5. The molecule has 1 atom stereocenters. The topological polar surface area (TPSA) is 47.3 Å². The Balaban J connectivity index is 2.84. The first-order chi connectivity index (χ1) is 8.49. The first-order valence-electron chi connectivity index (χ1n) is 6.58. The van der Waals surface area contributed by atoms with Gasteiger partial charge in [-0.15, -0.1) is 0 Å². The number of rotatable bonds is 6. The summed E-state index contributed by atoms with van der Waals surface area (Å²) in [6.07, 6.45) is 0. The van der Waals surface area contributed by atoms with Crippen molar-refractivity contribution in [3.8, 4) is 5.75 Å². The minimum Gasteiger partial charge on any atom is -0.495 e. The number of methoxy groups -OCH3 is 1. The first kappa shape index (κ1) is 14.8. The van der Waals surface area contributed by atoms with E-state index in [1.807, 2.05) is 0 Å². The van der Waals surface area contributed by atoms with E-state index in [1.165, 1.54) is 11.1 Å². The van der Waals surface area contributed by atoms with Gasteiger partial charge in [-0.1, -0.05) is 19.9 Å². The standard InChI is InChI=1S/C15H26N2O/c1-10(2)13(8-16)9-17-15-12(4)6-11(3)7-14(15)18-5/h6-7,10,13,17H,8-9,16H2,1-5H3. The fraction of sp³-hybridized carbons (Fsp3) is 0.600. The molecule has 0 bridgehead atoms. The Hall–Kier alpha value is -1.22. The molecular weight excluding hydrogens is 224 g/mol. The number of benzene rings is 1. The van der Waals surface area contributed by atoms with E-state index in [1.54, 1.807) is 7.11 Å². The van der Waals surface area contributed by atoms with Crippen LogP contribution in [0.4, 0.5) is 5.69 Å². The summed E-state index contributed by atoms with van der Waals surface area (Å²) < 4.78 is 5.44. The molecule has 0 amide bonds. The van der Waals surface area contributed by atoms with Crippen LogP contribution in [0.5, 0.6) is 5.75 Å². The third-order valence-electron chi connectivity index (χ3n) is 3.45. The normalized spacial score (nSPS) is 12.6. The van der Waals surface area contributed by atoms with E-state index < -0.39 is 0 Å². The third-order valence-corrected chi connectivity index (χ3v) is 3.45. The molecule has 3 nitrogen and oxygen atoms in total. The molecule has 0 radical (unpaired) electrons. The fourth-order valence-corrected chi connectivity index (χ4v) is 2.14. The first-order valence-corrected chi connectivity index (χ1v) is 6.58. The molecular formula is C15H26N2O. The molecule has 18 heavy (non-hydrogen) atoms. The SMILES string of the molecule is COc1cc(C)cc(C)c1NCC(CN)C(C)C. The van der Waals surface area contributed by atoms with Crippen molar-refractivity contribution in [2.24, 2.45) is 17.6 Å². The molecule has 0 heterocycles. The van der Waals surface area contributed by atoms with Crippen molar-refractivity contribution in [2.75, 3.05) is 25.5 Å². The summed E-state index contributed by atoms with van der Waals surface area (Å²) in [5.74, 6) is 1.97. The zero-order valence-corrected chi connectivity index (χ0v) is 12.2. The summed E-state index contributed by atoms with van der Waals surface area (Å²) in [7, 11) is 1.71. The van der Waals surface area contributed by atoms with Gasteiger partial charge in [0.1, 0.15) is 5.75 Å². The number of hydrogen-bond acceptors (Lipinski definition) is 3. The van der Waals surface area contributed by atoms with Gasteiger partial charge in [-0.2, -0.15) is 0 Å². The number of aryl methyl sites for hydroxylation is 2. The van der Waals surface area contributed by atoms with Crippen molar-refractivity contribution in [1.82, 2.24) is 0 Å². The van der Waals surface area contributed by atoms with Gasteiger partial charge in [0, 0.05) is 6.54 Å². The molecule has 0 aliphatic heterocycles. The number of anilines is 1. The Morgan fingerprint density at radius 1 is 1.28 bits per heavy atom. The highest BCUT2D eigenvalue weighted by molar-refractivity contribution is 5.63. The molecule has 3 N–H and O–H groups in total. The number of nitrogens with one attached hydrogen (secondary N) is 1. The summed E-state index contributed by atoms with van der Waals surface area (Å²) in [4.78, 5) is 0. The Kier molecular flexibility index (Phi) is 5.48. The number of ether oxygens (including phenoxy) is 1. The summed E-state index contributed by atoms with van der Waals surface area (Å²) in [5.41, 5.74) is 9.32. The van der Waals surface area contributed by atoms with Crippen molar-refractivity contribution >= 4 is 5.69 Å². The average Bonchev–Trinajstić information content (AvgIpc) is 2.31. The molecule has 102 valence electrons. The lowest BCUT2D eigenvalue weighted by molar-refractivity contribution is 0.405. The largest absolute Gasteiger partial charge is 0.495 e. The van der Waals surface area contributed by atoms with Crippen LogP contribution in [0.3, 0.4) is 0 Å². The molecule has 0 aliphatic rings. The molecule has 0 spiro atoms. The molecule has 0 aliphatic carbocycles. The van der Waals surface area contributed by atoms with Crippen LogP contribution in [-0.2, 0) is 0 Å². The molecule has 0 saturated heterocycles. The molecule has 1 unspecified atom stereocenters. The predicted octanol–water partition coefficient (Wildman–Crippen LogP) is 2.95. The smallest absolute Gasteiger partial charge is 0.142 e. The van der Waals surface area contributed by atoms with Crippen LogP contribution >= 0.6 is 0 Å². The van der Waals surface area contributed by atoms with Gasteiger partial charge in [0.05, 0.1) is 12.8 Å². The Labute approximate surface area is 111 Å². The van der Waals surface area contributed by atoms with Gasteiger partial charge in [0.15, 0.2) is 0 Å². The van der Waals surface area contributed by atoms with Crippen LogP contribution in [0.15, 0.2) is 12.1 Å². The van der Waals surface area contributed by atoms with E-state index >= 15 is 0 Å². The van der Waals surface area contributed by atoms with Crippen LogP contribution in [0.1, 0.15) is 25.0 Å². The number of hydrogen-bond donors (Lipinski definition) is 2. The van der Waals surface area contributed by atoms with Gasteiger partial charge in [0.25, 0.3) is 0 Å². The van der Waals surface area contributed by atoms with E-state index in [9.17, 15) is 0 Å². The second kappa shape index (κ2) is 6.64. The number of nitrogens with two attached hydrogens (primary N) is 1. The molecule has 1 aromatic rings. The van der Waals surface area contributed by atoms with Crippen LogP contribution in [0.25, 0.3) is 0 Å². The Bertz CT molecular complexity index is 388. The average molecular weight is 250 g/mol. The van der Waals surface area contributed by atoms with Crippen LogP contribution in [0.2, 0.25) is 0 Å².